The Bertz CT molecular complexity index is 470. The van der Waals surface area contributed by atoms with Gasteiger partial charge in [0.1, 0.15) is 0 Å². The quantitative estimate of drug-likeness (QED) is 0.750. The molecule has 0 aliphatic heterocycles. The monoisotopic (exact) mass is 258 g/mol. The zero-order valence-corrected chi connectivity index (χ0v) is 9.84. The Kier molecular flexibility index (Phi) is 3.13. The van der Waals surface area contributed by atoms with E-state index in [4.69, 9.17) is 2.74 Å². The van der Waals surface area contributed by atoms with Gasteiger partial charge in [-0.25, -0.2) is 10.2 Å². The Morgan fingerprint density at radius 1 is 1.17 bits per heavy atom. The average molecular weight is 258 g/mol. The Balaban J connectivity index is 2.25. The highest BCUT2D eigenvalue weighted by Crippen LogP contribution is 2.31. The summed E-state index contributed by atoms with van der Waals surface area (Å²) in [6.07, 6.45) is -1.43. The number of nitrogens with zero attached hydrogens (tertiary/aromatic N) is 6. The van der Waals surface area contributed by atoms with Gasteiger partial charge < -0.3 is 0 Å². The van der Waals surface area contributed by atoms with Crippen molar-refractivity contribution in [2.24, 2.45) is 0 Å². The predicted octanol–water partition coefficient (Wildman–Crippen LogP) is 0.549. The molecule has 2 atom stereocenters. The number of hydrogen-bond donors (Lipinski definition) is 2. The van der Waals surface area contributed by atoms with Crippen LogP contribution in [0.1, 0.15) is 46.9 Å². The summed E-state index contributed by atoms with van der Waals surface area (Å²) in [5.74, 6) is 0.779. The number of tetrazole rings is 2. The first-order chi connectivity index (χ1) is 9.58. The van der Waals surface area contributed by atoms with Crippen molar-refractivity contribution >= 4 is 0 Å². The molecule has 0 aliphatic rings. The molecule has 0 bridgehead atoms. The molecule has 0 aromatic carbocycles. The van der Waals surface area contributed by atoms with Crippen molar-refractivity contribution in [3.8, 4) is 0 Å². The van der Waals surface area contributed by atoms with E-state index in [9.17, 15) is 4.39 Å². The Labute approximate surface area is 106 Å². The number of hydrogen-bond acceptors (Lipinski definition) is 6. The Hall–Kier alpha value is -1.93. The molecule has 0 saturated carbocycles. The third-order valence-electron chi connectivity index (χ3n) is 2.70. The van der Waals surface area contributed by atoms with Gasteiger partial charge in [0, 0.05) is 2.74 Å². The van der Waals surface area contributed by atoms with Crippen LogP contribution in [0.15, 0.2) is 0 Å². The van der Waals surface area contributed by atoms with Gasteiger partial charge >= 0.3 is 0 Å². The summed E-state index contributed by atoms with van der Waals surface area (Å²) in [5.41, 5.74) is -0.866. The largest absolute Gasteiger partial charge is 0.251 e. The molecule has 0 spiro atoms. The highest BCUT2D eigenvalue weighted by molar-refractivity contribution is 5.16. The van der Waals surface area contributed by atoms with Crippen molar-refractivity contribution in [3.63, 3.8) is 0 Å². The van der Waals surface area contributed by atoms with Crippen LogP contribution in [0.25, 0.3) is 0 Å². The Morgan fingerprint density at radius 2 is 1.78 bits per heavy atom. The number of aromatic nitrogens is 8. The minimum Gasteiger partial charge on any atom is -0.251 e. The molecule has 0 fully saturated rings. The Morgan fingerprint density at radius 3 is 2.22 bits per heavy atom. The van der Waals surface area contributed by atoms with Crippen molar-refractivity contribution in [2.75, 3.05) is 6.67 Å². The van der Waals surface area contributed by atoms with Crippen molar-refractivity contribution in [1.82, 2.24) is 41.2 Å². The van der Waals surface area contributed by atoms with Gasteiger partial charge in [-0.1, -0.05) is 12.8 Å². The standard InChI is InChI=1S/C9H15FN8/c1-9(5-3-2-4-6-10,7-11-15-16-12-7)8-13-17-18-14-8/h2-6H2,1H3,(H,11,12,15,16)(H,13,14,17,18)/i2T,3T. The van der Waals surface area contributed by atoms with Crippen molar-refractivity contribution in [1.29, 1.82) is 0 Å². The number of halogens is 1. The third-order valence-corrected chi connectivity index (χ3v) is 2.70. The van der Waals surface area contributed by atoms with E-state index < -0.39 is 24.9 Å². The summed E-state index contributed by atoms with van der Waals surface area (Å²) in [7, 11) is 0. The fourth-order valence-electron chi connectivity index (χ4n) is 1.59. The van der Waals surface area contributed by atoms with Gasteiger partial charge in [-0.15, -0.1) is 10.2 Å². The number of H-pyrrole nitrogens is 2. The van der Waals surface area contributed by atoms with Gasteiger partial charge in [0.15, 0.2) is 11.6 Å². The van der Waals surface area contributed by atoms with Gasteiger partial charge in [0.05, 0.1) is 12.1 Å². The molecule has 2 heterocycles. The molecule has 18 heavy (non-hydrogen) atoms. The summed E-state index contributed by atoms with van der Waals surface area (Å²) in [6.45, 7) is 1.15. The van der Waals surface area contributed by atoms with E-state index in [0.29, 0.717) is 11.6 Å². The molecule has 0 radical (unpaired) electrons. The molecule has 9 heteroatoms. The van der Waals surface area contributed by atoms with Crippen LogP contribution in [0.4, 0.5) is 4.39 Å². The van der Waals surface area contributed by atoms with Crippen LogP contribution in [0, 0.1) is 0 Å². The minimum atomic E-state index is -0.866. The van der Waals surface area contributed by atoms with Gasteiger partial charge in [-0.05, 0) is 40.6 Å². The van der Waals surface area contributed by atoms with Crippen molar-refractivity contribution < 1.29 is 7.13 Å². The van der Waals surface area contributed by atoms with Crippen molar-refractivity contribution in [2.45, 2.75) is 38.0 Å². The van der Waals surface area contributed by atoms with Crippen LogP contribution in [0.5, 0.6) is 0 Å². The van der Waals surface area contributed by atoms with E-state index in [1.54, 1.807) is 6.92 Å². The number of nitrogens with one attached hydrogen (secondary N) is 2. The lowest BCUT2D eigenvalue weighted by Crippen LogP contribution is -2.27. The second-order valence-corrected chi connectivity index (χ2v) is 3.98. The van der Waals surface area contributed by atoms with E-state index in [1.165, 1.54) is 0 Å². The van der Waals surface area contributed by atoms with E-state index in [0.717, 1.165) is 0 Å². The molecule has 2 unspecified atom stereocenters. The topological polar surface area (TPSA) is 109 Å². The zero-order chi connectivity index (χ0) is 14.6. The smallest absolute Gasteiger partial charge is 0.162 e. The SMILES string of the molecule is [3H]C(CCF)C([3H])CC(C)(c1nnn[nH]1)c1nnn[nH]1. The van der Waals surface area contributed by atoms with Crippen LogP contribution in [-0.2, 0) is 5.41 Å². The van der Waals surface area contributed by atoms with E-state index in [-0.39, 0.29) is 12.8 Å². The summed E-state index contributed by atoms with van der Waals surface area (Å²) in [4.78, 5) is 0. The van der Waals surface area contributed by atoms with Gasteiger partial charge in [-0.3, -0.25) is 4.39 Å². The lowest BCUT2D eigenvalue weighted by atomic mass is 9.83. The lowest BCUT2D eigenvalue weighted by Gasteiger charge is -2.22. The highest BCUT2D eigenvalue weighted by Gasteiger charge is 2.35. The molecule has 2 aromatic heterocycles. The third kappa shape index (κ3) is 2.49. The van der Waals surface area contributed by atoms with Crippen LogP contribution in [-0.4, -0.2) is 47.9 Å². The predicted molar refractivity (Wildman–Crippen MR) is 59.3 cm³/mol. The van der Waals surface area contributed by atoms with Crippen molar-refractivity contribution in [3.05, 3.63) is 11.6 Å². The van der Waals surface area contributed by atoms with E-state index in [1.807, 2.05) is 0 Å². The molecule has 2 rings (SSSR count). The molecule has 2 N–H and O–H groups in total. The second kappa shape index (κ2) is 5.61. The average Bonchev–Trinajstić information content (AvgIpc) is 3.12. The molecule has 2 aromatic rings. The maximum Gasteiger partial charge on any atom is 0.162 e. The van der Waals surface area contributed by atoms with Crippen LogP contribution < -0.4 is 0 Å². The van der Waals surface area contributed by atoms with Crippen LogP contribution >= 0.6 is 0 Å². The highest BCUT2D eigenvalue weighted by atomic mass is 19.1. The fourth-order valence-corrected chi connectivity index (χ4v) is 1.59. The van der Waals surface area contributed by atoms with Gasteiger partial charge in [-0.2, -0.15) is 0 Å². The summed E-state index contributed by atoms with van der Waals surface area (Å²) in [5, 5.41) is 27.0. The van der Waals surface area contributed by atoms with Gasteiger partial charge in [0.2, 0.25) is 0 Å². The fraction of sp³-hybridized carbons (Fsp3) is 0.778. The summed E-state index contributed by atoms with van der Waals surface area (Å²) >= 11 is 0. The summed E-state index contributed by atoms with van der Waals surface area (Å²) in [6, 6.07) is 0. The normalized spacial score (nSPS) is 17.0. The van der Waals surface area contributed by atoms with Crippen LogP contribution in [0.3, 0.4) is 0 Å². The maximum absolute atomic E-state index is 12.3. The van der Waals surface area contributed by atoms with Gasteiger partial charge in [0.25, 0.3) is 0 Å². The molecular formula is C9H15FN8. The molecule has 0 saturated heterocycles. The molecule has 8 nitrogen and oxygen atoms in total. The van der Waals surface area contributed by atoms with E-state index >= 15 is 0 Å². The number of rotatable bonds is 7. The minimum absolute atomic E-state index is 0.0214. The van der Waals surface area contributed by atoms with E-state index in [2.05, 4.69) is 41.2 Å². The first-order valence-electron chi connectivity index (χ1n) is 6.62. The number of alkyl halides is 1. The maximum atomic E-state index is 12.3. The molecule has 0 amide bonds. The second-order valence-electron chi connectivity index (χ2n) is 3.98. The molecule has 98 valence electrons. The molecule has 0 aliphatic carbocycles. The van der Waals surface area contributed by atoms with Crippen LogP contribution in [0.2, 0.25) is 0 Å². The zero-order valence-electron chi connectivity index (χ0n) is 11.8. The molecular weight excluding hydrogens is 239 g/mol. The summed E-state index contributed by atoms with van der Waals surface area (Å²) < 4.78 is 28.1. The lowest BCUT2D eigenvalue weighted by molar-refractivity contribution is 0.408. The number of aromatic amines is 2. The first-order valence-corrected chi connectivity index (χ1v) is 5.47. The first kappa shape index (κ1) is 10.0.